The number of hydrogen-bond acceptors (Lipinski definition) is 6. The number of carbonyl (C=O) groups is 1. The summed E-state index contributed by atoms with van der Waals surface area (Å²) in [4.78, 5) is 12.9. The van der Waals surface area contributed by atoms with Crippen LogP contribution in [0.5, 0.6) is 23.0 Å². The predicted molar refractivity (Wildman–Crippen MR) is 132 cm³/mol. The van der Waals surface area contributed by atoms with E-state index in [0.717, 1.165) is 17.0 Å². The molecule has 7 heteroatoms. The van der Waals surface area contributed by atoms with Crippen molar-refractivity contribution in [3.05, 3.63) is 83.9 Å². The van der Waals surface area contributed by atoms with E-state index in [4.69, 9.17) is 18.9 Å². The molecule has 0 spiro atoms. The summed E-state index contributed by atoms with van der Waals surface area (Å²) in [6, 6.07) is 22.3. The van der Waals surface area contributed by atoms with Crippen molar-refractivity contribution >= 4 is 23.4 Å². The van der Waals surface area contributed by atoms with Crippen LogP contribution < -0.4 is 24.0 Å². The van der Waals surface area contributed by atoms with Crippen molar-refractivity contribution in [3.8, 4) is 23.0 Å². The molecule has 0 radical (unpaired) electrons. The molecule has 0 fully saturated rings. The highest BCUT2D eigenvalue weighted by molar-refractivity contribution is 6.32. The summed E-state index contributed by atoms with van der Waals surface area (Å²) < 4.78 is 22.3. The van der Waals surface area contributed by atoms with E-state index in [1.54, 1.807) is 14.2 Å². The van der Waals surface area contributed by atoms with E-state index in [0.29, 0.717) is 41.7 Å². The smallest absolute Gasteiger partial charge is 0.280 e. The highest BCUT2D eigenvalue weighted by atomic mass is 16.5. The molecule has 0 unspecified atom stereocenters. The van der Waals surface area contributed by atoms with Gasteiger partial charge in [-0.1, -0.05) is 30.3 Å². The Morgan fingerprint density at radius 3 is 2.35 bits per heavy atom. The molecule has 0 bridgehead atoms. The number of benzene rings is 3. The molecule has 0 saturated carbocycles. The van der Waals surface area contributed by atoms with Crippen LogP contribution in [0.3, 0.4) is 0 Å². The molecule has 0 atom stereocenters. The Balaban J connectivity index is 1.41. The third-order valence-electron chi connectivity index (χ3n) is 5.21. The van der Waals surface area contributed by atoms with Crippen LogP contribution in [0.25, 0.3) is 6.08 Å². The number of anilines is 1. The molecule has 1 heterocycles. The number of carbonyl (C=O) groups excluding carboxylic acids is 1. The molecule has 1 amide bonds. The summed E-state index contributed by atoms with van der Waals surface area (Å²) in [5.41, 5.74) is 2.73. The van der Waals surface area contributed by atoms with Gasteiger partial charge in [-0.15, -0.1) is 0 Å². The Morgan fingerprint density at radius 1 is 0.824 bits per heavy atom. The third kappa shape index (κ3) is 5.20. The zero-order chi connectivity index (χ0) is 23.9. The zero-order valence-electron chi connectivity index (χ0n) is 19.4. The fourth-order valence-electron chi connectivity index (χ4n) is 3.49. The van der Waals surface area contributed by atoms with Gasteiger partial charge in [0.15, 0.2) is 11.5 Å². The van der Waals surface area contributed by atoms with E-state index in [-0.39, 0.29) is 5.91 Å². The predicted octanol–water partition coefficient (Wildman–Crippen LogP) is 4.97. The Labute approximate surface area is 198 Å². The van der Waals surface area contributed by atoms with Crippen LogP contribution in [0.4, 0.5) is 5.69 Å². The lowest BCUT2D eigenvalue weighted by atomic mass is 10.1. The third-order valence-corrected chi connectivity index (χ3v) is 5.21. The summed E-state index contributed by atoms with van der Waals surface area (Å²) in [6.07, 6.45) is 1.81. The average Bonchev–Trinajstić information content (AvgIpc) is 3.16. The molecule has 0 aromatic heterocycles. The standard InChI is InChI=1S/C27H26N2O5/c1-19-24(27(30)29(28-19)21-8-5-4-6-9-21)16-20-12-13-25(26(17-20)32-3)34-15-14-33-23-11-7-10-22(18-23)31-2/h4-13,16-18H,14-15H2,1-3H3/b24-16+. The van der Waals surface area contributed by atoms with Crippen LogP contribution in [0.2, 0.25) is 0 Å². The van der Waals surface area contributed by atoms with E-state index in [1.165, 1.54) is 5.01 Å². The van der Waals surface area contributed by atoms with E-state index in [2.05, 4.69) is 5.10 Å². The first kappa shape index (κ1) is 22.9. The number of methoxy groups -OCH3 is 2. The highest BCUT2D eigenvalue weighted by Gasteiger charge is 2.28. The van der Waals surface area contributed by atoms with Crippen molar-refractivity contribution in [3.63, 3.8) is 0 Å². The van der Waals surface area contributed by atoms with E-state index >= 15 is 0 Å². The molecular formula is C27H26N2O5. The second kappa shape index (κ2) is 10.6. The van der Waals surface area contributed by atoms with Gasteiger partial charge in [-0.25, -0.2) is 0 Å². The normalized spacial score (nSPS) is 14.2. The van der Waals surface area contributed by atoms with Gasteiger partial charge in [0.1, 0.15) is 24.7 Å². The maximum Gasteiger partial charge on any atom is 0.280 e. The SMILES string of the molecule is COc1cccc(OCCOc2ccc(/C=C3/C(=O)N(c4ccccc4)N=C3C)cc2OC)c1. The first-order chi connectivity index (χ1) is 16.6. The minimum Gasteiger partial charge on any atom is -0.497 e. The van der Waals surface area contributed by atoms with Crippen LogP contribution in [0.15, 0.2) is 83.5 Å². The van der Waals surface area contributed by atoms with Crippen molar-refractivity contribution in [2.24, 2.45) is 5.10 Å². The van der Waals surface area contributed by atoms with Crippen LogP contribution in [-0.4, -0.2) is 39.1 Å². The molecule has 1 aliphatic heterocycles. The molecule has 0 aliphatic carbocycles. The lowest BCUT2D eigenvalue weighted by Gasteiger charge is -2.13. The van der Waals surface area contributed by atoms with Crippen LogP contribution in [0, 0.1) is 0 Å². The lowest BCUT2D eigenvalue weighted by molar-refractivity contribution is -0.114. The molecule has 0 saturated heterocycles. The number of amides is 1. The first-order valence-electron chi connectivity index (χ1n) is 10.8. The van der Waals surface area contributed by atoms with Crippen LogP contribution in [0.1, 0.15) is 12.5 Å². The Kier molecular flexibility index (Phi) is 7.13. The molecule has 0 N–H and O–H groups in total. The van der Waals surface area contributed by atoms with Crippen molar-refractivity contribution in [1.29, 1.82) is 0 Å². The van der Waals surface area contributed by atoms with E-state index < -0.39 is 0 Å². The van der Waals surface area contributed by atoms with Crippen LogP contribution >= 0.6 is 0 Å². The number of hydrazone groups is 1. The maximum atomic E-state index is 12.9. The fourth-order valence-corrected chi connectivity index (χ4v) is 3.49. The second-order valence-electron chi connectivity index (χ2n) is 7.48. The number of hydrogen-bond donors (Lipinski definition) is 0. The largest absolute Gasteiger partial charge is 0.497 e. The molecule has 34 heavy (non-hydrogen) atoms. The van der Waals surface area contributed by atoms with Crippen molar-refractivity contribution in [2.45, 2.75) is 6.92 Å². The molecule has 3 aromatic carbocycles. The van der Waals surface area contributed by atoms with E-state index in [1.807, 2.05) is 85.8 Å². The molecule has 3 aromatic rings. The van der Waals surface area contributed by atoms with Crippen molar-refractivity contribution in [2.75, 3.05) is 32.4 Å². The minimum atomic E-state index is -0.169. The summed E-state index contributed by atoms with van der Waals surface area (Å²) in [5.74, 6) is 2.43. The highest BCUT2D eigenvalue weighted by Crippen LogP contribution is 2.30. The minimum absolute atomic E-state index is 0.169. The van der Waals surface area contributed by atoms with Gasteiger partial charge in [0.25, 0.3) is 5.91 Å². The summed E-state index contributed by atoms with van der Waals surface area (Å²) in [7, 11) is 3.19. The van der Waals surface area contributed by atoms with Gasteiger partial charge >= 0.3 is 0 Å². The molecule has 1 aliphatic rings. The summed E-state index contributed by atoms with van der Waals surface area (Å²) in [6.45, 7) is 2.52. The summed E-state index contributed by atoms with van der Waals surface area (Å²) in [5, 5.41) is 5.83. The number of nitrogens with zero attached hydrogens (tertiary/aromatic N) is 2. The fraction of sp³-hybridized carbons (Fsp3) is 0.185. The Hall–Kier alpha value is -4.26. The topological polar surface area (TPSA) is 69.6 Å². The zero-order valence-corrected chi connectivity index (χ0v) is 19.4. The van der Waals surface area contributed by atoms with Gasteiger partial charge in [0, 0.05) is 6.07 Å². The second-order valence-corrected chi connectivity index (χ2v) is 7.48. The molecule has 4 rings (SSSR count). The van der Waals surface area contributed by atoms with Gasteiger partial charge in [-0.3, -0.25) is 4.79 Å². The Morgan fingerprint density at radius 2 is 1.59 bits per heavy atom. The summed E-state index contributed by atoms with van der Waals surface area (Å²) >= 11 is 0. The first-order valence-corrected chi connectivity index (χ1v) is 10.8. The van der Waals surface area contributed by atoms with Gasteiger partial charge in [-0.05, 0) is 55.0 Å². The van der Waals surface area contributed by atoms with Crippen LogP contribution in [-0.2, 0) is 4.79 Å². The van der Waals surface area contributed by atoms with Gasteiger partial charge in [0.2, 0.25) is 0 Å². The number of ether oxygens (including phenoxy) is 4. The number of para-hydroxylation sites is 1. The maximum absolute atomic E-state index is 12.9. The quantitative estimate of drug-likeness (QED) is 0.335. The number of rotatable bonds is 9. The average molecular weight is 459 g/mol. The molecule has 7 nitrogen and oxygen atoms in total. The van der Waals surface area contributed by atoms with Crippen molar-refractivity contribution < 1.29 is 23.7 Å². The lowest BCUT2D eigenvalue weighted by Crippen LogP contribution is -2.21. The molecular weight excluding hydrogens is 432 g/mol. The monoisotopic (exact) mass is 458 g/mol. The van der Waals surface area contributed by atoms with Crippen molar-refractivity contribution in [1.82, 2.24) is 0 Å². The van der Waals surface area contributed by atoms with Gasteiger partial charge in [0.05, 0.1) is 31.2 Å². The Bertz CT molecular complexity index is 1220. The molecule has 174 valence electrons. The van der Waals surface area contributed by atoms with E-state index in [9.17, 15) is 4.79 Å². The van der Waals surface area contributed by atoms with Gasteiger partial charge in [-0.2, -0.15) is 10.1 Å². The van der Waals surface area contributed by atoms with Gasteiger partial charge < -0.3 is 18.9 Å².